The van der Waals surface area contributed by atoms with Crippen LogP contribution in [-0.2, 0) is 9.53 Å². The molecule has 1 saturated heterocycles. The van der Waals surface area contributed by atoms with Crippen LogP contribution < -0.4 is 4.74 Å². The van der Waals surface area contributed by atoms with Gasteiger partial charge in [0, 0.05) is 4.47 Å². The average Bonchev–Trinajstić information content (AvgIpc) is 2.79. The third-order valence-corrected chi connectivity index (χ3v) is 3.45. The third-order valence-electron chi connectivity index (χ3n) is 2.96. The van der Waals surface area contributed by atoms with Crippen molar-refractivity contribution in [3.05, 3.63) is 28.2 Å². The van der Waals surface area contributed by atoms with E-state index >= 15 is 0 Å². The monoisotopic (exact) mass is 314 g/mol. The largest absolute Gasteiger partial charge is 0.491 e. The van der Waals surface area contributed by atoms with E-state index in [2.05, 4.69) is 15.9 Å². The number of carboxylic acids is 1. The van der Waals surface area contributed by atoms with Crippen LogP contribution in [0, 0.1) is 6.92 Å². The van der Waals surface area contributed by atoms with E-state index in [1.54, 1.807) is 0 Å². The van der Waals surface area contributed by atoms with Crippen molar-refractivity contribution in [2.45, 2.75) is 32.0 Å². The second-order valence-corrected chi connectivity index (χ2v) is 5.30. The summed E-state index contributed by atoms with van der Waals surface area (Å²) in [6, 6.07) is 5.82. The smallest absolute Gasteiger partial charge is 0.332 e. The first-order valence-electron chi connectivity index (χ1n) is 5.83. The fourth-order valence-electron chi connectivity index (χ4n) is 1.92. The van der Waals surface area contributed by atoms with Gasteiger partial charge in [0.1, 0.15) is 12.4 Å². The van der Waals surface area contributed by atoms with Gasteiger partial charge < -0.3 is 14.6 Å². The molecule has 18 heavy (non-hydrogen) atoms. The summed E-state index contributed by atoms with van der Waals surface area (Å²) in [4.78, 5) is 10.7. The molecule has 5 heteroatoms. The lowest BCUT2D eigenvalue weighted by Gasteiger charge is -2.14. The number of aliphatic carboxylic acids is 1. The lowest BCUT2D eigenvalue weighted by Crippen LogP contribution is -2.23. The van der Waals surface area contributed by atoms with Crippen LogP contribution in [0.5, 0.6) is 5.75 Å². The highest BCUT2D eigenvalue weighted by atomic mass is 79.9. The molecule has 1 heterocycles. The van der Waals surface area contributed by atoms with Crippen molar-refractivity contribution in [3.8, 4) is 5.75 Å². The summed E-state index contributed by atoms with van der Waals surface area (Å²) in [6.45, 7) is 2.36. The zero-order chi connectivity index (χ0) is 13.1. The van der Waals surface area contributed by atoms with E-state index in [1.165, 1.54) is 0 Å². The van der Waals surface area contributed by atoms with Crippen LogP contribution in [0.25, 0.3) is 0 Å². The molecule has 0 spiro atoms. The van der Waals surface area contributed by atoms with Crippen LogP contribution in [0.15, 0.2) is 22.7 Å². The van der Waals surface area contributed by atoms with Gasteiger partial charge in [-0.25, -0.2) is 4.79 Å². The topological polar surface area (TPSA) is 55.8 Å². The molecular formula is C13H15BrO4. The first-order chi connectivity index (χ1) is 8.56. The molecule has 1 fully saturated rings. The SMILES string of the molecule is Cc1ccc(Br)cc1OCC1CCC(C(=O)O)O1. The highest BCUT2D eigenvalue weighted by Gasteiger charge is 2.30. The summed E-state index contributed by atoms with van der Waals surface area (Å²) in [7, 11) is 0. The molecule has 1 aliphatic heterocycles. The summed E-state index contributed by atoms with van der Waals surface area (Å²) in [5.41, 5.74) is 1.05. The Morgan fingerprint density at radius 3 is 3.00 bits per heavy atom. The lowest BCUT2D eigenvalue weighted by molar-refractivity contribution is -0.149. The lowest BCUT2D eigenvalue weighted by atomic mass is 10.2. The Kier molecular flexibility index (Phi) is 4.24. The number of carbonyl (C=O) groups is 1. The van der Waals surface area contributed by atoms with Crippen LogP contribution in [0.3, 0.4) is 0 Å². The minimum Gasteiger partial charge on any atom is -0.491 e. The Hall–Kier alpha value is -1.07. The van der Waals surface area contributed by atoms with Gasteiger partial charge in [-0.1, -0.05) is 22.0 Å². The predicted octanol–water partition coefficient (Wildman–Crippen LogP) is 2.77. The fourth-order valence-corrected chi connectivity index (χ4v) is 2.26. The second-order valence-electron chi connectivity index (χ2n) is 4.38. The first-order valence-corrected chi connectivity index (χ1v) is 6.63. The zero-order valence-electron chi connectivity index (χ0n) is 10.1. The highest BCUT2D eigenvalue weighted by Crippen LogP contribution is 2.25. The number of halogens is 1. The summed E-state index contributed by atoms with van der Waals surface area (Å²) < 4.78 is 12.0. The van der Waals surface area contributed by atoms with E-state index < -0.39 is 12.1 Å². The summed E-state index contributed by atoms with van der Waals surface area (Å²) in [5.74, 6) is -0.0945. The van der Waals surface area contributed by atoms with Gasteiger partial charge in [0.05, 0.1) is 6.10 Å². The van der Waals surface area contributed by atoms with Gasteiger partial charge >= 0.3 is 5.97 Å². The Balaban J connectivity index is 1.89. The Morgan fingerprint density at radius 2 is 2.33 bits per heavy atom. The molecule has 2 atom stereocenters. The van der Waals surface area contributed by atoms with Crippen molar-refractivity contribution in [3.63, 3.8) is 0 Å². The molecule has 0 aliphatic carbocycles. The maximum Gasteiger partial charge on any atom is 0.332 e. The van der Waals surface area contributed by atoms with Crippen LogP contribution in [0.4, 0.5) is 0 Å². The van der Waals surface area contributed by atoms with Gasteiger partial charge in [0.25, 0.3) is 0 Å². The molecular weight excluding hydrogens is 300 g/mol. The standard InChI is InChI=1S/C13H15BrO4/c1-8-2-3-9(14)6-12(8)17-7-10-4-5-11(18-10)13(15)16/h2-3,6,10-11H,4-5,7H2,1H3,(H,15,16). The fraction of sp³-hybridized carbons (Fsp3) is 0.462. The van der Waals surface area contributed by atoms with E-state index in [4.69, 9.17) is 14.6 Å². The molecule has 0 bridgehead atoms. The maximum atomic E-state index is 10.7. The molecule has 1 aromatic rings. The predicted molar refractivity (Wildman–Crippen MR) is 69.9 cm³/mol. The first kappa shape index (κ1) is 13.4. The number of rotatable bonds is 4. The van der Waals surface area contributed by atoms with Gasteiger partial charge in [0.2, 0.25) is 0 Å². The van der Waals surface area contributed by atoms with Crippen LogP contribution in [0.2, 0.25) is 0 Å². The summed E-state index contributed by atoms with van der Waals surface area (Å²) >= 11 is 3.39. The molecule has 2 unspecified atom stereocenters. The summed E-state index contributed by atoms with van der Waals surface area (Å²) in [5, 5.41) is 8.82. The Morgan fingerprint density at radius 1 is 1.56 bits per heavy atom. The molecule has 98 valence electrons. The average molecular weight is 315 g/mol. The van der Waals surface area contributed by atoms with Gasteiger partial charge in [0.15, 0.2) is 6.10 Å². The van der Waals surface area contributed by atoms with Gasteiger partial charge in [-0.05, 0) is 37.5 Å². The molecule has 0 saturated carbocycles. The highest BCUT2D eigenvalue weighted by molar-refractivity contribution is 9.10. The molecule has 4 nitrogen and oxygen atoms in total. The zero-order valence-corrected chi connectivity index (χ0v) is 11.6. The molecule has 0 aromatic heterocycles. The van der Waals surface area contributed by atoms with E-state index in [9.17, 15) is 4.79 Å². The normalized spacial score (nSPS) is 23.0. The molecule has 1 aromatic carbocycles. The number of aryl methyl sites for hydroxylation is 1. The Bertz CT molecular complexity index is 447. The van der Waals surface area contributed by atoms with Crippen LogP contribution >= 0.6 is 15.9 Å². The van der Waals surface area contributed by atoms with Crippen molar-refractivity contribution in [1.82, 2.24) is 0 Å². The van der Waals surface area contributed by atoms with Crippen LogP contribution in [-0.4, -0.2) is 29.9 Å². The third kappa shape index (κ3) is 3.23. The van der Waals surface area contributed by atoms with Crippen molar-refractivity contribution < 1.29 is 19.4 Å². The van der Waals surface area contributed by atoms with Gasteiger partial charge in [-0.15, -0.1) is 0 Å². The van der Waals surface area contributed by atoms with E-state index in [0.717, 1.165) is 22.2 Å². The molecule has 0 radical (unpaired) electrons. The van der Waals surface area contributed by atoms with Crippen molar-refractivity contribution in [1.29, 1.82) is 0 Å². The van der Waals surface area contributed by atoms with E-state index in [0.29, 0.717) is 13.0 Å². The minimum absolute atomic E-state index is 0.135. The van der Waals surface area contributed by atoms with Crippen molar-refractivity contribution in [2.24, 2.45) is 0 Å². The van der Waals surface area contributed by atoms with Crippen molar-refractivity contribution in [2.75, 3.05) is 6.61 Å². The molecule has 1 N–H and O–H groups in total. The number of carboxylic acid groups (broad SMARTS) is 1. The summed E-state index contributed by atoms with van der Waals surface area (Å²) in [6.07, 6.45) is 0.469. The molecule has 0 amide bonds. The Labute approximate surface area is 114 Å². The second kappa shape index (κ2) is 5.71. The number of hydrogen-bond acceptors (Lipinski definition) is 3. The molecule has 2 rings (SSSR count). The number of hydrogen-bond donors (Lipinski definition) is 1. The van der Waals surface area contributed by atoms with Gasteiger partial charge in [-0.2, -0.15) is 0 Å². The number of ether oxygens (including phenoxy) is 2. The van der Waals surface area contributed by atoms with Crippen molar-refractivity contribution >= 4 is 21.9 Å². The number of benzene rings is 1. The van der Waals surface area contributed by atoms with Crippen LogP contribution in [0.1, 0.15) is 18.4 Å². The minimum atomic E-state index is -0.892. The maximum absolute atomic E-state index is 10.7. The quantitative estimate of drug-likeness (QED) is 0.928. The van der Waals surface area contributed by atoms with E-state index in [1.807, 2.05) is 25.1 Å². The molecule has 1 aliphatic rings. The van der Waals surface area contributed by atoms with E-state index in [-0.39, 0.29) is 6.10 Å². The van der Waals surface area contributed by atoms with Gasteiger partial charge in [-0.3, -0.25) is 0 Å².